The van der Waals surface area contributed by atoms with Crippen molar-refractivity contribution in [2.45, 2.75) is 25.3 Å². The molecule has 1 aliphatic rings. The van der Waals surface area contributed by atoms with Gasteiger partial charge in [0.05, 0.1) is 12.6 Å². The molecule has 1 saturated heterocycles. The van der Waals surface area contributed by atoms with Gasteiger partial charge in [0.1, 0.15) is 0 Å². The summed E-state index contributed by atoms with van der Waals surface area (Å²) in [5, 5.41) is 5.45. The van der Waals surface area contributed by atoms with E-state index in [1.165, 1.54) is 11.3 Å². The lowest BCUT2D eigenvalue weighted by Crippen LogP contribution is -2.35. The number of rotatable bonds is 2. The summed E-state index contributed by atoms with van der Waals surface area (Å²) in [5.41, 5.74) is 0. The SMILES string of the molecule is Cc1cnc(NC(=O)C2CC(F)(F)CN2)s1. The smallest absolute Gasteiger partial charge is 0.262 e. The molecule has 0 spiro atoms. The Morgan fingerprint density at radius 2 is 2.50 bits per heavy atom. The second-order valence-electron chi connectivity index (χ2n) is 3.76. The molecule has 2 heterocycles. The second kappa shape index (κ2) is 4.06. The van der Waals surface area contributed by atoms with Gasteiger partial charge in [0, 0.05) is 17.5 Å². The highest BCUT2D eigenvalue weighted by Crippen LogP contribution is 2.26. The third kappa shape index (κ3) is 2.53. The molecular weight excluding hydrogens is 236 g/mol. The maximum atomic E-state index is 12.8. The number of carbonyl (C=O) groups is 1. The Bertz CT molecular complexity index is 407. The van der Waals surface area contributed by atoms with Crippen molar-refractivity contribution in [2.24, 2.45) is 0 Å². The van der Waals surface area contributed by atoms with Crippen molar-refractivity contribution >= 4 is 22.4 Å². The molecule has 1 atom stereocenters. The Morgan fingerprint density at radius 3 is 3.00 bits per heavy atom. The van der Waals surface area contributed by atoms with Crippen LogP contribution in [0, 0.1) is 6.92 Å². The van der Waals surface area contributed by atoms with Gasteiger partial charge in [-0.05, 0) is 6.92 Å². The standard InChI is InChI=1S/C9H11F2N3OS/c1-5-3-12-8(16-5)14-7(15)6-2-9(10,11)4-13-6/h3,6,13H,2,4H2,1H3,(H,12,14,15). The van der Waals surface area contributed by atoms with Crippen LogP contribution in [-0.2, 0) is 4.79 Å². The minimum Gasteiger partial charge on any atom is -0.301 e. The molecule has 2 N–H and O–H groups in total. The van der Waals surface area contributed by atoms with Crippen LogP contribution in [0.4, 0.5) is 13.9 Å². The fraction of sp³-hybridized carbons (Fsp3) is 0.556. The average molecular weight is 247 g/mol. The third-order valence-corrected chi connectivity index (χ3v) is 3.11. The highest BCUT2D eigenvalue weighted by atomic mass is 32.1. The summed E-state index contributed by atoms with van der Waals surface area (Å²) >= 11 is 1.32. The predicted octanol–water partition coefficient (Wildman–Crippen LogP) is 1.39. The zero-order valence-corrected chi connectivity index (χ0v) is 9.41. The molecule has 1 aromatic rings. The van der Waals surface area contributed by atoms with Crippen LogP contribution in [0.2, 0.25) is 0 Å². The van der Waals surface area contributed by atoms with Gasteiger partial charge >= 0.3 is 0 Å². The van der Waals surface area contributed by atoms with Crippen molar-refractivity contribution in [3.8, 4) is 0 Å². The molecule has 1 unspecified atom stereocenters. The lowest BCUT2D eigenvalue weighted by atomic mass is 10.2. The summed E-state index contributed by atoms with van der Waals surface area (Å²) < 4.78 is 25.7. The molecule has 1 aromatic heterocycles. The summed E-state index contributed by atoms with van der Waals surface area (Å²) in [5.74, 6) is -3.24. The van der Waals surface area contributed by atoms with E-state index in [-0.39, 0.29) is 0 Å². The monoisotopic (exact) mass is 247 g/mol. The Kier molecular flexibility index (Phi) is 2.90. The number of hydrogen-bond donors (Lipinski definition) is 2. The zero-order chi connectivity index (χ0) is 11.8. The third-order valence-electron chi connectivity index (χ3n) is 2.28. The van der Waals surface area contributed by atoms with Crippen molar-refractivity contribution in [3.05, 3.63) is 11.1 Å². The second-order valence-corrected chi connectivity index (χ2v) is 4.99. The minimum absolute atomic E-state index is 0.442. The molecule has 1 aliphatic heterocycles. The summed E-state index contributed by atoms with van der Waals surface area (Å²) in [7, 11) is 0. The van der Waals surface area contributed by atoms with Crippen LogP contribution in [0.25, 0.3) is 0 Å². The van der Waals surface area contributed by atoms with E-state index in [4.69, 9.17) is 0 Å². The van der Waals surface area contributed by atoms with Gasteiger partial charge < -0.3 is 5.32 Å². The average Bonchev–Trinajstić information content (AvgIpc) is 2.72. The van der Waals surface area contributed by atoms with Crippen LogP contribution in [-0.4, -0.2) is 29.4 Å². The number of carbonyl (C=O) groups excluding carboxylic acids is 1. The molecule has 16 heavy (non-hydrogen) atoms. The van der Waals surface area contributed by atoms with Crippen LogP contribution in [0.1, 0.15) is 11.3 Å². The lowest BCUT2D eigenvalue weighted by molar-refractivity contribution is -0.118. The normalized spacial score (nSPS) is 23.3. The molecular formula is C9H11F2N3OS. The molecule has 0 aliphatic carbocycles. The molecule has 0 bridgehead atoms. The number of hydrogen-bond acceptors (Lipinski definition) is 4. The maximum absolute atomic E-state index is 12.8. The zero-order valence-electron chi connectivity index (χ0n) is 8.59. The van der Waals surface area contributed by atoms with Crippen molar-refractivity contribution in [1.82, 2.24) is 10.3 Å². The first kappa shape index (κ1) is 11.4. The quantitative estimate of drug-likeness (QED) is 0.830. The molecule has 88 valence electrons. The predicted molar refractivity (Wildman–Crippen MR) is 56.8 cm³/mol. The van der Waals surface area contributed by atoms with E-state index < -0.39 is 30.8 Å². The van der Waals surface area contributed by atoms with Crippen molar-refractivity contribution in [3.63, 3.8) is 0 Å². The van der Waals surface area contributed by atoms with E-state index in [1.54, 1.807) is 6.20 Å². The van der Waals surface area contributed by atoms with Gasteiger partial charge in [0.15, 0.2) is 5.13 Å². The van der Waals surface area contributed by atoms with Gasteiger partial charge in [0.2, 0.25) is 5.91 Å². The number of nitrogens with one attached hydrogen (secondary N) is 2. The number of alkyl halides is 2. The van der Waals surface area contributed by atoms with E-state index in [0.717, 1.165) is 4.88 Å². The van der Waals surface area contributed by atoms with Crippen molar-refractivity contribution in [2.75, 3.05) is 11.9 Å². The molecule has 2 rings (SSSR count). The first-order valence-electron chi connectivity index (χ1n) is 4.81. The van der Waals surface area contributed by atoms with E-state index in [1.807, 2.05) is 6.92 Å². The summed E-state index contributed by atoms with van der Waals surface area (Å²) in [4.78, 5) is 16.5. The number of amides is 1. The molecule has 0 saturated carbocycles. The fourth-order valence-electron chi connectivity index (χ4n) is 1.51. The Labute approximate surface area is 95.1 Å². The number of halogens is 2. The first-order valence-corrected chi connectivity index (χ1v) is 5.62. The first-order chi connectivity index (χ1) is 7.46. The van der Waals surface area contributed by atoms with E-state index >= 15 is 0 Å². The van der Waals surface area contributed by atoms with E-state index in [0.29, 0.717) is 5.13 Å². The summed E-state index contributed by atoms with van der Waals surface area (Å²) in [6.07, 6.45) is 1.17. The largest absolute Gasteiger partial charge is 0.301 e. The summed E-state index contributed by atoms with van der Waals surface area (Å²) in [6, 6.07) is -0.834. The maximum Gasteiger partial charge on any atom is 0.262 e. The Morgan fingerprint density at radius 1 is 1.75 bits per heavy atom. The molecule has 1 fully saturated rings. The van der Waals surface area contributed by atoms with Gasteiger partial charge in [0.25, 0.3) is 5.92 Å². The van der Waals surface area contributed by atoms with Gasteiger partial charge in [-0.15, -0.1) is 11.3 Å². The fourth-order valence-corrected chi connectivity index (χ4v) is 2.17. The van der Waals surface area contributed by atoms with Crippen LogP contribution < -0.4 is 10.6 Å². The number of aromatic nitrogens is 1. The van der Waals surface area contributed by atoms with E-state index in [9.17, 15) is 13.6 Å². The Balaban J connectivity index is 1.94. The number of anilines is 1. The number of nitrogens with zero attached hydrogens (tertiary/aromatic N) is 1. The van der Waals surface area contributed by atoms with Crippen LogP contribution in [0.3, 0.4) is 0 Å². The van der Waals surface area contributed by atoms with E-state index in [2.05, 4.69) is 15.6 Å². The number of thiazole rings is 1. The van der Waals surface area contributed by atoms with Gasteiger partial charge in [-0.1, -0.05) is 0 Å². The van der Waals surface area contributed by atoms with Crippen LogP contribution in [0.15, 0.2) is 6.20 Å². The van der Waals surface area contributed by atoms with Crippen molar-refractivity contribution < 1.29 is 13.6 Å². The lowest BCUT2D eigenvalue weighted by Gasteiger charge is -2.08. The molecule has 1 amide bonds. The van der Waals surface area contributed by atoms with Gasteiger partial charge in [-0.3, -0.25) is 10.1 Å². The Hall–Kier alpha value is -1.08. The molecule has 7 heteroatoms. The molecule has 0 radical (unpaired) electrons. The van der Waals surface area contributed by atoms with Crippen LogP contribution >= 0.6 is 11.3 Å². The highest BCUT2D eigenvalue weighted by molar-refractivity contribution is 7.15. The molecule has 0 aromatic carbocycles. The summed E-state index contributed by atoms with van der Waals surface area (Å²) in [6.45, 7) is 1.41. The van der Waals surface area contributed by atoms with Gasteiger partial charge in [-0.2, -0.15) is 0 Å². The van der Waals surface area contributed by atoms with Crippen molar-refractivity contribution in [1.29, 1.82) is 0 Å². The topological polar surface area (TPSA) is 54.0 Å². The molecule has 4 nitrogen and oxygen atoms in total. The number of aryl methyl sites for hydroxylation is 1. The van der Waals surface area contributed by atoms with Crippen LogP contribution in [0.5, 0.6) is 0 Å². The minimum atomic E-state index is -2.79. The highest BCUT2D eigenvalue weighted by Gasteiger charge is 2.42. The van der Waals surface area contributed by atoms with Gasteiger partial charge in [-0.25, -0.2) is 13.8 Å².